The molecule has 0 aliphatic heterocycles. The Morgan fingerprint density at radius 2 is 2.14 bits per heavy atom. The maximum atomic E-state index is 5.01. The first kappa shape index (κ1) is 7.66. The largest absolute Gasteiger partial charge is 0.376 e. The molecule has 0 heterocycles. The zero-order valence-corrected chi connectivity index (χ0v) is 6.08. The number of ether oxygens (including phenoxy) is 1. The van der Waals surface area contributed by atoms with Crippen molar-refractivity contribution in [2.45, 2.75) is 0 Å². The zero-order valence-electron chi connectivity index (χ0n) is 4.18. The van der Waals surface area contributed by atoms with Gasteiger partial charge in [0.15, 0.2) is 0 Å². The number of thiol groups is 1. The lowest BCUT2D eigenvalue weighted by Crippen LogP contribution is -1.99. The van der Waals surface area contributed by atoms with Gasteiger partial charge in [0, 0.05) is 5.75 Å². The Morgan fingerprint density at radius 3 is 2.57 bits per heavy atom. The van der Waals surface area contributed by atoms with Crippen molar-refractivity contribution >= 4 is 25.3 Å². The first-order valence-corrected chi connectivity index (χ1v) is 3.59. The van der Waals surface area contributed by atoms with E-state index in [4.69, 9.17) is 4.74 Å². The van der Waals surface area contributed by atoms with Crippen LogP contribution in [0.15, 0.2) is 0 Å². The fraction of sp³-hybridized carbons (Fsp3) is 1.00. The predicted molar refractivity (Wildman–Crippen MR) is 39.7 cm³/mol. The zero-order chi connectivity index (χ0) is 5.54. The Hall–Kier alpha value is 0.660. The summed E-state index contributed by atoms with van der Waals surface area (Å²) in [5.74, 6) is 1.72. The maximum Gasteiger partial charge on any atom is 0.126 e. The van der Waals surface area contributed by atoms with E-state index < -0.39 is 0 Å². The van der Waals surface area contributed by atoms with Crippen molar-refractivity contribution in [3.05, 3.63) is 0 Å². The van der Waals surface area contributed by atoms with Crippen LogP contribution in [-0.2, 0) is 17.4 Å². The van der Waals surface area contributed by atoms with E-state index in [0.717, 1.165) is 24.7 Å². The van der Waals surface area contributed by atoms with E-state index in [2.05, 4.69) is 25.3 Å². The van der Waals surface area contributed by atoms with E-state index in [-0.39, 0.29) is 0 Å². The average Bonchev–Trinajstić information content (AvgIpc) is 1.69. The van der Waals surface area contributed by atoms with Gasteiger partial charge in [0.2, 0.25) is 0 Å². The molecule has 0 saturated carbocycles. The molecule has 0 bridgehead atoms. The second-order valence-electron chi connectivity index (χ2n) is 1.09. The second kappa shape index (κ2) is 6.66. The van der Waals surface area contributed by atoms with E-state index in [1.54, 1.807) is 0 Å². The van der Waals surface area contributed by atoms with Crippen molar-refractivity contribution in [3.8, 4) is 0 Å². The highest BCUT2D eigenvalue weighted by molar-refractivity contribution is 7.80. The molecule has 0 aromatic carbocycles. The SMILES string of the molecule is SCCOCC[SH2+]. The first-order valence-electron chi connectivity index (χ1n) is 2.25. The van der Waals surface area contributed by atoms with Gasteiger partial charge in [0.1, 0.15) is 5.75 Å². The summed E-state index contributed by atoms with van der Waals surface area (Å²) < 4.78 is 5.01. The van der Waals surface area contributed by atoms with Crippen molar-refractivity contribution in [1.82, 2.24) is 0 Å². The molecule has 3 heteroatoms. The van der Waals surface area contributed by atoms with Crippen LogP contribution in [0.3, 0.4) is 0 Å². The van der Waals surface area contributed by atoms with Crippen molar-refractivity contribution in [1.29, 1.82) is 0 Å². The summed E-state index contributed by atoms with van der Waals surface area (Å²) in [6.45, 7) is 1.55. The molecular weight excluding hydrogens is 128 g/mol. The Bertz CT molecular complexity index is 28.9. The number of hydrogen-bond donors (Lipinski definition) is 1. The Labute approximate surface area is 55.3 Å². The third-order valence-electron chi connectivity index (χ3n) is 0.482. The minimum Gasteiger partial charge on any atom is -0.376 e. The van der Waals surface area contributed by atoms with Crippen LogP contribution in [0.4, 0.5) is 0 Å². The van der Waals surface area contributed by atoms with Crippen LogP contribution < -0.4 is 0 Å². The standard InChI is InChI=1S/C4H10OS2/c6-3-1-5-2-4-7/h6-7H,1-4H2/p+1. The molecule has 0 radical (unpaired) electrons. The Kier molecular flexibility index (Phi) is 7.29. The van der Waals surface area contributed by atoms with Crippen LogP contribution in [0.25, 0.3) is 0 Å². The molecule has 0 saturated heterocycles. The predicted octanol–water partition coefficient (Wildman–Crippen LogP) is -0.0557. The summed E-state index contributed by atoms with van der Waals surface area (Å²) in [4.78, 5) is 0. The summed E-state index contributed by atoms with van der Waals surface area (Å²) in [7, 11) is 0. The summed E-state index contributed by atoms with van der Waals surface area (Å²) in [5.41, 5.74) is 0. The molecule has 0 amide bonds. The Balaban J connectivity index is 2.45. The van der Waals surface area contributed by atoms with Crippen molar-refractivity contribution in [2.75, 3.05) is 24.7 Å². The highest BCUT2D eigenvalue weighted by atomic mass is 32.1. The van der Waals surface area contributed by atoms with Gasteiger partial charge in [-0.2, -0.15) is 12.6 Å². The Morgan fingerprint density at radius 1 is 1.43 bits per heavy atom. The van der Waals surface area contributed by atoms with Gasteiger partial charge in [-0.3, -0.25) is 0 Å². The average molecular weight is 139 g/mol. The monoisotopic (exact) mass is 139 g/mol. The van der Waals surface area contributed by atoms with E-state index in [1.165, 1.54) is 0 Å². The minimum absolute atomic E-state index is 0.758. The van der Waals surface area contributed by atoms with Gasteiger partial charge in [-0.05, 0) is 12.6 Å². The van der Waals surface area contributed by atoms with Crippen molar-refractivity contribution in [2.24, 2.45) is 0 Å². The van der Waals surface area contributed by atoms with Gasteiger partial charge in [0.25, 0.3) is 0 Å². The molecule has 0 aromatic rings. The van der Waals surface area contributed by atoms with Gasteiger partial charge < -0.3 is 4.74 Å². The number of rotatable bonds is 4. The van der Waals surface area contributed by atoms with Crippen LogP contribution in [0.2, 0.25) is 0 Å². The lowest BCUT2D eigenvalue weighted by Gasteiger charge is -1.92. The van der Waals surface area contributed by atoms with Crippen LogP contribution in [0, 0.1) is 0 Å². The molecule has 0 N–H and O–H groups in total. The molecule has 0 rings (SSSR count). The van der Waals surface area contributed by atoms with Gasteiger partial charge in [-0.1, -0.05) is 0 Å². The van der Waals surface area contributed by atoms with Crippen molar-refractivity contribution < 1.29 is 4.74 Å². The quantitative estimate of drug-likeness (QED) is 0.326. The smallest absolute Gasteiger partial charge is 0.126 e. The van der Waals surface area contributed by atoms with Crippen LogP contribution in [-0.4, -0.2) is 24.7 Å². The highest BCUT2D eigenvalue weighted by Gasteiger charge is 1.82. The third-order valence-corrected chi connectivity index (χ3v) is 0.869. The van der Waals surface area contributed by atoms with E-state index in [9.17, 15) is 0 Å². The van der Waals surface area contributed by atoms with E-state index in [1.807, 2.05) is 0 Å². The lowest BCUT2D eigenvalue weighted by atomic mass is 10.8. The highest BCUT2D eigenvalue weighted by Crippen LogP contribution is 1.75. The van der Waals surface area contributed by atoms with Gasteiger partial charge in [-0.15, -0.1) is 0 Å². The molecular formula is C4H11OS2+. The summed E-state index contributed by atoms with van der Waals surface area (Å²) in [6.07, 6.45) is 0. The molecule has 0 spiro atoms. The normalized spacial score (nSPS) is 9.43. The van der Waals surface area contributed by atoms with Crippen molar-refractivity contribution in [3.63, 3.8) is 0 Å². The number of hydrogen-bond acceptors (Lipinski definition) is 2. The van der Waals surface area contributed by atoms with E-state index in [0.29, 0.717) is 0 Å². The van der Waals surface area contributed by atoms with Crippen LogP contribution >= 0.6 is 12.6 Å². The second-order valence-corrected chi connectivity index (χ2v) is 2.03. The lowest BCUT2D eigenvalue weighted by molar-refractivity contribution is 0.167. The molecule has 0 aliphatic carbocycles. The van der Waals surface area contributed by atoms with Crippen LogP contribution in [0.1, 0.15) is 0 Å². The van der Waals surface area contributed by atoms with Crippen LogP contribution in [0.5, 0.6) is 0 Å². The molecule has 0 aliphatic rings. The molecule has 0 atom stereocenters. The topological polar surface area (TPSA) is 9.23 Å². The van der Waals surface area contributed by atoms with Gasteiger partial charge in [-0.25, -0.2) is 0 Å². The van der Waals surface area contributed by atoms with Gasteiger partial charge in [0.05, 0.1) is 13.2 Å². The molecule has 0 fully saturated rings. The fourth-order valence-corrected chi connectivity index (χ4v) is 0.512. The summed E-state index contributed by atoms with van der Waals surface area (Å²) in [6, 6.07) is 0. The fourth-order valence-electron chi connectivity index (χ4n) is 0.239. The third kappa shape index (κ3) is 6.66. The molecule has 44 valence electrons. The maximum absolute atomic E-state index is 5.01. The molecule has 0 aromatic heterocycles. The molecule has 7 heavy (non-hydrogen) atoms. The first-order chi connectivity index (χ1) is 3.41. The summed E-state index contributed by atoms with van der Waals surface area (Å²) >= 11 is 7.22. The van der Waals surface area contributed by atoms with Gasteiger partial charge >= 0.3 is 0 Å². The molecule has 1 nitrogen and oxygen atoms in total. The van der Waals surface area contributed by atoms with E-state index >= 15 is 0 Å². The summed E-state index contributed by atoms with van der Waals surface area (Å²) in [5, 5.41) is 0. The minimum atomic E-state index is 0.758. The molecule has 0 unspecified atom stereocenters.